The molecule has 1 N–H and O–H groups in total. The Hall–Kier alpha value is -0.900. The van der Waals surface area contributed by atoms with Crippen molar-refractivity contribution in [2.75, 3.05) is 6.61 Å². The van der Waals surface area contributed by atoms with Crippen molar-refractivity contribution in [1.82, 2.24) is 4.90 Å². The maximum Gasteiger partial charge on any atom is 0.229 e. The highest BCUT2D eigenvalue weighted by atomic mass is 16.3. The van der Waals surface area contributed by atoms with Crippen LogP contribution in [0.15, 0.2) is 0 Å². The summed E-state index contributed by atoms with van der Waals surface area (Å²) in [7, 11) is 0. The van der Waals surface area contributed by atoms with Gasteiger partial charge in [-0.25, -0.2) is 0 Å². The van der Waals surface area contributed by atoms with E-state index in [9.17, 15) is 9.59 Å². The highest BCUT2D eigenvalue weighted by Crippen LogP contribution is 2.27. The Morgan fingerprint density at radius 3 is 2.20 bits per heavy atom. The maximum absolute atomic E-state index is 11.8. The number of hydrogen-bond donors (Lipinski definition) is 1. The van der Waals surface area contributed by atoms with E-state index in [0.717, 1.165) is 0 Å². The number of carbonyl (C=O) groups is 2. The molecule has 0 aromatic rings. The van der Waals surface area contributed by atoms with E-state index >= 15 is 0 Å². The highest BCUT2D eigenvalue weighted by molar-refractivity contribution is 5.98. The molecule has 0 radical (unpaired) electrons. The zero-order chi connectivity index (χ0) is 11.6. The molecular weight excluding hydrogens is 194 g/mol. The Labute approximate surface area is 90.3 Å². The second kappa shape index (κ2) is 4.31. The van der Waals surface area contributed by atoms with E-state index in [1.165, 1.54) is 4.90 Å². The summed E-state index contributed by atoms with van der Waals surface area (Å²) in [6.07, 6.45) is 1.29. The van der Waals surface area contributed by atoms with Crippen LogP contribution in [0.1, 0.15) is 40.0 Å². The molecule has 0 bridgehead atoms. The number of nitrogens with zero attached hydrogens (tertiary/aromatic N) is 1. The monoisotopic (exact) mass is 213 g/mol. The van der Waals surface area contributed by atoms with Crippen LogP contribution in [-0.4, -0.2) is 34.0 Å². The first-order valence-electron chi connectivity index (χ1n) is 5.35. The molecule has 0 spiro atoms. The number of aliphatic hydroxyl groups is 1. The van der Waals surface area contributed by atoms with Gasteiger partial charge in [0.05, 0.1) is 0 Å². The summed E-state index contributed by atoms with van der Waals surface area (Å²) in [6.45, 7) is 5.52. The quantitative estimate of drug-likeness (QED) is 0.710. The highest BCUT2D eigenvalue weighted by Gasteiger charge is 2.39. The molecule has 1 aliphatic rings. The van der Waals surface area contributed by atoms with Crippen molar-refractivity contribution in [2.24, 2.45) is 5.92 Å². The number of aliphatic hydroxyl groups excluding tert-OH is 1. The van der Waals surface area contributed by atoms with Crippen molar-refractivity contribution in [3.8, 4) is 0 Å². The first kappa shape index (κ1) is 12.2. The van der Waals surface area contributed by atoms with Gasteiger partial charge in [0.15, 0.2) is 0 Å². The number of imide groups is 1. The van der Waals surface area contributed by atoms with Crippen molar-refractivity contribution in [3.63, 3.8) is 0 Å². The molecule has 0 aromatic carbocycles. The third-order valence-electron chi connectivity index (χ3n) is 2.87. The van der Waals surface area contributed by atoms with Gasteiger partial charge in [-0.15, -0.1) is 0 Å². The summed E-state index contributed by atoms with van der Waals surface area (Å²) in [5.41, 5.74) is -0.566. The molecule has 1 saturated heterocycles. The smallest absolute Gasteiger partial charge is 0.229 e. The minimum atomic E-state index is -0.566. The molecule has 1 heterocycles. The van der Waals surface area contributed by atoms with Gasteiger partial charge in [-0.1, -0.05) is 6.92 Å². The third-order valence-corrected chi connectivity index (χ3v) is 2.87. The average Bonchev–Trinajstić information content (AvgIpc) is 1.99. The minimum Gasteiger partial charge on any atom is -0.396 e. The number of hydrogen-bond acceptors (Lipinski definition) is 3. The zero-order valence-electron chi connectivity index (χ0n) is 9.62. The summed E-state index contributed by atoms with van der Waals surface area (Å²) >= 11 is 0. The Kier molecular flexibility index (Phi) is 3.50. The van der Waals surface area contributed by atoms with E-state index < -0.39 is 5.54 Å². The summed E-state index contributed by atoms with van der Waals surface area (Å²) in [5, 5.41) is 8.91. The van der Waals surface area contributed by atoms with E-state index in [1.807, 2.05) is 20.8 Å². The van der Waals surface area contributed by atoms with Crippen LogP contribution in [0.25, 0.3) is 0 Å². The second-order valence-corrected chi connectivity index (χ2v) is 4.92. The van der Waals surface area contributed by atoms with Crippen LogP contribution in [0.2, 0.25) is 0 Å². The largest absolute Gasteiger partial charge is 0.396 e. The molecule has 1 rings (SSSR count). The fraction of sp³-hybridized carbons (Fsp3) is 0.818. The van der Waals surface area contributed by atoms with Crippen LogP contribution >= 0.6 is 0 Å². The molecule has 86 valence electrons. The van der Waals surface area contributed by atoms with Gasteiger partial charge in [-0.05, 0) is 26.2 Å². The second-order valence-electron chi connectivity index (χ2n) is 4.92. The number of amides is 2. The number of piperidine rings is 1. The van der Waals surface area contributed by atoms with Crippen molar-refractivity contribution < 1.29 is 14.7 Å². The number of likely N-dealkylation sites (tertiary alicyclic amines) is 1. The Morgan fingerprint density at radius 2 is 1.80 bits per heavy atom. The normalized spacial score (nSPS) is 19.9. The molecule has 15 heavy (non-hydrogen) atoms. The van der Waals surface area contributed by atoms with Gasteiger partial charge in [0.2, 0.25) is 11.8 Å². The fourth-order valence-corrected chi connectivity index (χ4v) is 2.05. The number of rotatable bonds is 3. The van der Waals surface area contributed by atoms with E-state index in [4.69, 9.17) is 5.11 Å². The van der Waals surface area contributed by atoms with Crippen LogP contribution < -0.4 is 0 Å². The lowest BCUT2D eigenvalue weighted by atomic mass is 9.90. The molecule has 1 aliphatic heterocycles. The Bertz CT molecular complexity index is 255. The van der Waals surface area contributed by atoms with Gasteiger partial charge in [-0.3, -0.25) is 14.5 Å². The summed E-state index contributed by atoms with van der Waals surface area (Å²) in [4.78, 5) is 24.8. The predicted octanol–water partition coefficient (Wildman–Crippen LogP) is 0.932. The van der Waals surface area contributed by atoms with Gasteiger partial charge < -0.3 is 5.11 Å². The van der Waals surface area contributed by atoms with Crippen LogP contribution in [0.4, 0.5) is 0 Å². The van der Waals surface area contributed by atoms with Crippen LogP contribution in [0, 0.1) is 5.92 Å². The molecule has 1 fully saturated rings. The van der Waals surface area contributed by atoms with E-state index in [0.29, 0.717) is 19.3 Å². The third kappa shape index (κ3) is 2.56. The topological polar surface area (TPSA) is 57.6 Å². The van der Waals surface area contributed by atoms with E-state index in [-0.39, 0.29) is 24.3 Å². The standard InChI is InChI=1S/C11H19NO3/c1-8-6-9(14)12(10(15)7-8)11(2,3)4-5-13/h8,13H,4-7H2,1-3H3. The van der Waals surface area contributed by atoms with Gasteiger partial charge in [-0.2, -0.15) is 0 Å². The molecule has 0 saturated carbocycles. The Morgan fingerprint density at radius 1 is 1.33 bits per heavy atom. The lowest BCUT2D eigenvalue weighted by Crippen LogP contribution is -2.54. The molecule has 4 nitrogen and oxygen atoms in total. The van der Waals surface area contributed by atoms with Gasteiger partial charge in [0, 0.05) is 25.0 Å². The van der Waals surface area contributed by atoms with Crippen LogP contribution in [-0.2, 0) is 9.59 Å². The maximum atomic E-state index is 11.8. The van der Waals surface area contributed by atoms with Crippen molar-refractivity contribution in [1.29, 1.82) is 0 Å². The first-order chi connectivity index (χ1) is 6.88. The first-order valence-corrected chi connectivity index (χ1v) is 5.35. The summed E-state index contributed by atoms with van der Waals surface area (Å²) in [5.74, 6) is -0.0828. The van der Waals surface area contributed by atoms with Crippen molar-refractivity contribution in [3.05, 3.63) is 0 Å². The van der Waals surface area contributed by atoms with Gasteiger partial charge in [0.1, 0.15) is 0 Å². The molecule has 4 heteroatoms. The minimum absolute atomic E-state index is 0.0143. The predicted molar refractivity (Wildman–Crippen MR) is 56.0 cm³/mol. The molecule has 2 amide bonds. The average molecular weight is 213 g/mol. The summed E-state index contributed by atoms with van der Waals surface area (Å²) < 4.78 is 0. The lowest BCUT2D eigenvalue weighted by molar-refractivity contribution is -0.156. The van der Waals surface area contributed by atoms with E-state index in [1.54, 1.807) is 0 Å². The summed E-state index contributed by atoms with van der Waals surface area (Å²) in [6, 6.07) is 0. The van der Waals surface area contributed by atoms with E-state index in [2.05, 4.69) is 0 Å². The fourth-order valence-electron chi connectivity index (χ4n) is 2.05. The molecular formula is C11H19NO3. The van der Waals surface area contributed by atoms with Crippen molar-refractivity contribution in [2.45, 2.75) is 45.6 Å². The lowest BCUT2D eigenvalue weighted by Gasteiger charge is -2.40. The molecule has 0 unspecified atom stereocenters. The molecule has 0 aromatic heterocycles. The molecule has 0 atom stereocenters. The Balaban J connectivity index is 2.84. The molecule has 0 aliphatic carbocycles. The van der Waals surface area contributed by atoms with Crippen molar-refractivity contribution >= 4 is 11.8 Å². The number of carbonyl (C=O) groups excluding carboxylic acids is 2. The van der Waals surface area contributed by atoms with Crippen LogP contribution in [0.5, 0.6) is 0 Å². The van der Waals surface area contributed by atoms with Crippen LogP contribution in [0.3, 0.4) is 0 Å². The SMILES string of the molecule is CC1CC(=O)N(C(C)(C)CCO)C(=O)C1. The van der Waals surface area contributed by atoms with Gasteiger partial charge in [0.25, 0.3) is 0 Å². The zero-order valence-corrected chi connectivity index (χ0v) is 9.62. The van der Waals surface area contributed by atoms with Gasteiger partial charge >= 0.3 is 0 Å².